The number of imide groups is 1. The average Bonchev–Trinajstić information content (AvgIpc) is 2.95. The highest BCUT2D eigenvalue weighted by Gasteiger charge is 2.35. The van der Waals surface area contributed by atoms with Crippen LogP contribution < -0.4 is 5.32 Å². The number of hydrogen-bond donors (Lipinski definition) is 1. The van der Waals surface area contributed by atoms with Gasteiger partial charge < -0.3 is 4.90 Å². The van der Waals surface area contributed by atoms with Crippen molar-refractivity contribution in [3.05, 3.63) is 29.8 Å². The quantitative estimate of drug-likeness (QED) is 0.844. The number of fused-ring (bicyclic) bond motifs is 1. The number of carbonyl (C=O) groups excluding carboxylic acids is 4. The van der Waals surface area contributed by atoms with Gasteiger partial charge in [0.2, 0.25) is 6.29 Å². The number of nitrogens with one attached hydrogen (secondary N) is 1. The molecule has 0 unspecified atom stereocenters. The van der Waals surface area contributed by atoms with Crippen molar-refractivity contribution in [2.75, 3.05) is 25.0 Å². The number of hydrogen-bond acceptors (Lipinski definition) is 5. The first-order valence-corrected chi connectivity index (χ1v) is 8.65. The van der Waals surface area contributed by atoms with Gasteiger partial charge in [-0.15, -0.1) is 11.3 Å². The maximum absolute atomic E-state index is 12.5. The van der Waals surface area contributed by atoms with Crippen LogP contribution in [0.25, 0.3) is 10.1 Å². The Bertz CT molecular complexity index is 861. The van der Waals surface area contributed by atoms with Crippen LogP contribution in [0.5, 0.6) is 0 Å². The van der Waals surface area contributed by atoms with Crippen LogP contribution >= 0.6 is 11.3 Å². The molecule has 1 aliphatic heterocycles. The molecule has 1 aromatic carbocycles. The van der Waals surface area contributed by atoms with Gasteiger partial charge in [0.05, 0.1) is 0 Å². The first-order valence-electron chi connectivity index (χ1n) is 7.84. The molecular weight excluding hydrogens is 342 g/mol. The zero-order valence-electron chi connectivity index (χ0n) is 13.6. The first kappa shape index (κ1) is 17.1. The monoisotopic (exact) mass is 358 g/mol. The summed E-state index contributed by atoms with van der Waals surface area (Å²) in [4.78, 5) is 49.7. The Labute approximate surface area is 148 Å². The minimum atomic E-state index is -0.838. The molecule has 7 nitrogen and oxygen atoms in total. The van der Waals surface area contributed by atoms with Gasteiger partial charge in [-0.1, -0.05) is 18.2 Å². The molecule has 0 aliphatic carbocycles. The van der Waals surface area contributed by atoms with E-state index >= 15 is 0 Å². The average molecular weight is 358 g/mol. The predicted molar refractivity (Wildman–Crippen MR) is 94.2 cm³/mol. The maximum atomic E-state index is 12.5. The highest BCUT2D eigenvalue weighted by molar-refractivity contribution is 7.23. The van der Waals surface area contributed by atoms with Gasteiger partial charge >= 0.3 is 17.8 Å². The lowest BCUT2D eigenvalue weighted by Crippen LogP contribution is -2.56. The number of rotatable bonds is 4. The maximum Gasteiger partial charge on any atom is 0.329 e. The third-order valence-corrected chi connectivity index (χ3v) is 5.23. The van der Waals surface area contributed by atoms with Crippen molar-refractivity contribution in [3.8, 4) is 0 Å². The van der Waals surface area contributed by atoms with Crippen molar-refractivity contribution in [1.29, 1.82) is 0 Å². The van der Waals surface area contributed by atoms with E-state index in [4.69, 9.17) is 0 Å². The van der Waals surface area contributed by atoms with E-state index in [1.54, 1.807) is 6.92 Å². The van der Waals surface area contributed by atoms with Crippen LogP contribution in [-0.4, -0.2) is 53.6 Å². The van der Waals surface area contributed by atoms with E-state index in [9.17, 15) is 19.2 Å². The van der Waals surface area contributed by atoms with Crippen LogP contribution in [0.3, 0.4) is 0 Å². The fraction of sp³-hybridized carbons (Fsp3) is 0.294. The molecular formula is C17H16N3O4S. The minimum absolute atomic E-state index is 0.0378. The molecule has 8 heteroatoms. The Morgan fingerprint density at radius 2 is 2.00 bits per heavy atom. The highest BCUT2D eigenvalue weighted by atomic mass is 32.1. The van der Waals surface area contributed by atoms with Crippen molar-refractivity contribution in [3.63, 3.8) is 0 Å². The lowest BCUT2D eigenvalue weighted by atomic mass is 10.1. The molecule has 25 heavy (non-hydrogen) atoms. The van der Waals surface area contributed by atoms with Crippen LogP contribution in [0.2, 0.25) is 0 Å². The molecule has 129 valence electrons. The van der Waals surface area contributed by atoms with Crippen molar-refractivity contribution in [2.45, 2.75) is 13.3 Å². The molecule has 0 spiro atoms. The molecule has 1 aromatic heterocycles. The van der Waals surface area contributed by atoms with Crippen LogP contribution in [0, 0.1) is 0 Å². The van der Waals surface area contributed by atoms with Crippen molar-refractivity contribution < 1.29 is 19.2 Å². The molecule has 1 radical (unpaired) electrons. The molecule has 3 rings (SSSR count). The summed E-state index contributed by atoms with van der Waals surface area (Å²) < 4.78 is 0.918. The summed E-state index contributed by atoms with van der Waals surface area (Å²) in [7, 11) is 0. The standard InChI is InChI=1S/C17H16N3O4S/c1-2-19-8-9-20(16(23)15(19)22)17(24)18-14-12(7-10-21)11-5-3-4-6-13(11)25-14/h3-6H,2,7-9H2,1H3,(H,18,24). The number of carbonyl (C=O) groups is 3. The highest BCUT2D eigenvalue weighted by Crippen LogP contribution is 2.35. The van der Waals surface area contributed by atoms with Crippen LogP contribution in [0.15, 0.2) is 24.3 Å². The Morgan fingerprint density at radius 1 is 1.24 bits per heavy atom. The Kier molecular flexibility index (Phi) is 4.80. The number of nitrogens with zero attached hydrogens (tertiary/aromatic N) is 2. The SMILES string of the molecule is CCN1CCN(C(=O)Nc2sc3ccccc3c2C[C]=O)C(=O)C1=O. The van der Waals surface area contributed by atoms with Crippen molar-refractivity contribution in [2.24, 2.45) is 0 Å². The molecule has 0 atom stereocenters. The summed E-state index contributed by atoms with van der Waals surface area (Å²) in [6, 6.07) is 6.81. The van der Waals surface area contributed by atoms with Crippen LogP contribution in [0.4, 0.5) is 9.80 Å². The van der Waals surface area contributed by atoms with Crippen molar-refractivity contribution >= 4 is 50.6 Å². The third kappa shape index (κ3) is 3.12. The second kappa shape index (κ2) is 7.02. The molecule has 2 aromatic rings. The summed E-state index contributed by atoms with van der Waals surface area (Å²) in [5, 5.41) is 4.03. The van der Waals surface area contributed by atoms with E-state index in [1.807, 2.05) is 30.6 Å². The second-order valence-corrected chi connectivity index (χ2v) is 6.55. The minimum Gasteiger partial charge on any atom is -0.333 e. The third-order valence-electron chi connectivity index (χ3n) is 4.10. The molecule has 1 saturated heterocycles. The molecule has 1 fully saturated rings. The van der Waals surface area contributed by atoms with Gasteiger partial charge in [-0.2, -0.15) is 0 Å². The number of amides is 4. The molecule has 0 bridgehead atoms. The van der Waals surface area contributed by atoms with Gasteiger partial charge in [0, 0.05) is 36.3 Å². The van der Waals surface area contributed by atoms with E-state index in [1.165, 1.54) is 16.2 Å². The van der Waals surface area contributed by atoms with Gasteiger partial charge in [0.25, 0.3) is 0 Å². The number of anilines is 1. The smallest absolute Gasteiger partial charge is 0.329 e. The van der Waals surface area contributed by atoms with E-state index < -0.39 is 17.8 Å². The van der Waals surface area contributed by atoms with Gasteiger partial charge in [0.15, 0.2) is 0 Å². The Hall–Kier alpha value is -2.74. The van der Waals surface area contributed by atoms with Crippen molar-refractivity contribution in [1.82, 2.24) is 9.80 Å². The number of benzene rings is 1. The van der Waals surface area contributed by atoms with Crippen LogP contribution in [0.1, 0.15) is 12.5 Å². The lowest BCUT2D eigenvalue weighted by Gasteiger charge is -2.31. The van der Waals surface area contributed by atoms with Gasteiger partial charge in [-0.05, 0) is 18.4 Å². The van der Waals surface area contributed by atoms with Crippen LogP contribution in [-0.2, 0) is 20.8 Å². The number of thiophene rings is 1. The van der Waals surface area contributed by atoms with Gasteiger partial charge in [-0.25, -0.2) is 4.79 Å². The summed E-state index contributed by atoms with van der Waals surface area (Å²) in [5.41, 5.74) is 0.662. The lowest BCUT2D eigenvalue weighted by molar-refractivity contribution is -0.153. The Balaban J connectivity index is 1.85. The molecule has 1 aliphatic rings. The summed E-state index contributed by atoms with van der Waals surface area (Å²) in [6.07, 6.45) is 1.89. The topological polar surface area (TPSA) is 86.8 Å². The molecule has 1 N–H and O–H groups in total. The zero-order chi connectivity index (χ0) is 18.0. The van der Waals surface area contributed by atoms with E-state index in [-0.39, 0.29) is 13.0 Å². The number of piperazine rings is 1. The second-order valence-electron chi connectivity index (χ2n) is 5.50. The zero-order valence-corrected chi connectivity index (χ0v) is 14.4. The van der Waals surface area contributed by atoms with E-state index in [2.05, 4.69) is 5.32 Å². The number of likely N-dealkylation sites (N-methyl/N-ethyl adjacent to an activating group) is 1. The fourth-order valence-corrected chi connectivity index (χ4v) is 3.89. The fourth-order valence-electron chi connectivity index (χ4n) is 2.78. The largest absolute Gasteiger partial charge is 0.333 e. The van der Waals surface area contributed by atoms with Gasteiger partial charge in [0.1, 0.15) is 5.00 Å². The molecule has 0 saturated carbocycles. The van der Waals surface area contributed by atoms with E-state index in [0.29, 0.717) is 23.7 Å². The predicted octanol–water partition coefficient (Wildman–Crippen LogP) is 1.78. The molecule has 4 amide bonds. The van der Waals surface area contributed by atoms with E-state index in [0.717, 1.165) is 15.0 Å². The van der Waals surface area contributed by atoms with Gasteiger partial charge in [-0.3, -0.25) is 24.6 Å². The summed E-state index contributed by atoms with van der Waals surface area (Å²) >= 11 is 1.32. The first-order chi connectivity index (χ1) is 12.1. The molecule has 2 heterocycles. The summed E-state index contributed by atoms with van der Waals surface area (Å²) in [6.45, 7) is 2.66. The Morgan fingerprint density at radius 3 is 2.72 bits per heavy atom. The summed E-state index contributed by atoms with van der Waals surface area (Å²) in [5.74, 6) is -1.52. The normalized spacial score (nSPS) is 14.9. The number of urea groups is 1.